The van der Waals surface area contributed by atoms with E-state index >= 15 is 0 Å². The van der Waals surface area contributed by atoms with Crippen LogP contribution in [-0.4, -0.2) is 23.9 Å². The average molecular weight is 245 g/mol. The maximum Gasteiger partial charge on any atom is 0.219 e. The van der Waals surface area contributed by atoms with E-state index in [0.29, 0.717) is 0 Å². The van der Waals surface area contributed by atoms with E-state index in [9.17, 15) is 4.79 Å². The zero-order valence-corrected chi connectivity index (χ0v) is 11.5. The zero-order chi connectivity index (χ0) is 13.0. The van der Waals surface area contributed by atoms with Gasteiger partial charge in [-0.1, -0.05) is 43.7 Å². The molecule has 1 saturated heterocycles. The molecule has 0 bridgehead atoms. The van der Waals surface area contributed by atoms with E-state index in [1.165, 1.54) is 18.4 Å². The van der Waals surface area contributed by atoms with E-state index in [2.05, 4.69) is 37.3 Å². The monoisotopic (exact) mass is 245 g/mol. The second-order valence-electron chi connectivity index (χ2n) is 5.40. The van der Waals surface area contributed by atoms with Crippen molar-refractivity contribution in [2.75, 3.05) is 13.1 Å². The van der Waals surface area contributed by atoms with Gasteiger partial charge in [-0.25, -0.2) is 0 Å². The molecular formula is C16H23NO. The third kappa shape index (κ3) is 2.58. The normalized spacial score (nSPS) is 24.7. The summed E-state index contributed by atoms with van der Waals surface area (Å²) >= 11 is 0. The Hall–Kier alpha value is -1.31. The van der Waals surface area contributed by atoms with Crippen LogP contribution in [-0.2, 0) is 10.2 Å². The first-order valence-electron chi connectivity index (χ1n) is 6.99. The Morgan fingerprint density at radius 3 is 2.61 bits per heavy atom. The van der Waals surface area contributed by atoms with Crippen molar-refractivity contribution in [3.05, 3.63) is 35.9 Å². The van der Waals surface area contributed by atoms with Gasteiger partial charge in [-0.15, -0.1) is 0 Å². The summed E-state index contributed by atoms with van der Waals surface area (Å²) in [5.41, 5.74) is 1.55. The smallest absolute Gasteiger partial charge is 0.219 e. The van der Waals surface area contributed by atoms with Gasteiger partial charge in [0.1, 0.15) is 0 Å². The van der Waals surface area contributed by atoms with Crippen molar-refractivity contribution in [3.63, 3.8) is 0 Å². The molecule has 2 rings (SSSR count). The summed E-state index contributed by atoms with van der Waals surface area (Å²) in [5, 5.41) is 0. The lowest BCUT2D eigenvalue weighted by atomic mass is 9.74. The van der Waals surface area contributed by atoms with Crippen molar-refractivity contribution < 1.29 is 4.79 Å². The Kier molecular flexibility index (Phi) is 4.05. The lowest BCUT2D eigenvalue weighted by Crippen LogP contribution is -2.41. The number of likely N-dealkylation sites (tertiary alicyclic amines) is 1. The predicted octanol–water partition coefficient (Wildman–Crippen LogP) is 3.37. The molecule has 2 nitrogen and oxygen atoms in total. The lowest BCUT2D eigenvalue weighted by Gasteiger charge is -2.36. The molecule has 1 amide bonds. The van der Waals surface area contributed by atoms with Crippen LogP contribution >= 0.6 is 0 Å². The first-order valence-corrected chi connectivity index (χ1v) is 6.99. The molecule has 1 aromatic carbocycles. The van der Waals surface area contributed by atoms with E-state index in [1.807, 2.05) is 4.90 Å². The molecule has 1 aliphatic rings. The molecule has 18 heavy (non-hydrogen) atoms. The minimum absolute atomic E-state index is 0.156. The minimum atomic E-state index is 0.156. The molecule has 1 aromatic rings. The molecular weight excluding hydrogens is 222 g/mol. The lowest BCUT2D eigenvalue weighted by molar-refractivity contribution is -0.129. The second-order valence-corrected chi connectivity index (χ2v) is 5.40. The number of benzene rings is 1. The number of hydrogen-bond acceptors (Lipinski definition) is 1. The van der Waals surface area contributed by atoms with Crippen LogP contribution < -0.4 is 0 Å². The summed E-state index contributed by atoms with van der Waals surface area (Å²) < 4.78 is 0. The van der Waals surface area contributed by atoms with Gasteiger partial charge >= 0.3 is 0 Å². The third-order valence-electron chi connectivity index (χ3n) is 4.34. The molecule has 0 saturated carbocycles. The molecule has 98 valence electrons. The predicted molar refractivity (Wildman–Crippen MR) is 74.5 cm³/mol. The van der Waals surface area contributed by atoms with Gasteiger partial charge in [-0.3, -0.25) is 4.79 Å². The summed E-state index contributed by atoms with van der Waals surface area (Å²) in [7, 11) is 0. The highest BCUT2D eigenvalue weighted by atomic mass is 16.2. The topological polar surface area (TPSA) is 20.3 Å². The van der Waals surface area contributed by atoms with Crippen LogP contribution in [0.3, 0.4) is 0 Å². The molecule has 0 spiro atoms. The van der Waals surface area contributed by atoms with Crippen molar-refractivity contribution in [2.24, 2.45) is 0 Å². The van der Waals surface area contributed by atoms with Crippen molar-refractivity contribution in [1.29, 1.82) is 0 Å². The van der Waals surface area contributed by atoms with Crippen LogP contribution in [0.25, 0.3) is 0 Å². The molecule has 0 radical (unpaired) electrons. The SMILES string of the molecule is CCC1(c2ccccc2)CCCCN(C(C)=O)C1. The van der Waals surface area contributed by atoms with Crippen molar-refractivity contribution in [2.45, 2.75) is 44.9 Å². The maximum absolute atomic E-state index is 11.7. The molecule has 1 aliphatic heterocycles. The molecule has 1 atom stereocenters. The molecule has 1 fully saturated rings. The fourth-order valence-corrected chi connectivity index (χ4v) is 3.08. The summed E-state index contributed by atoms with van der Waals surface area (Å²) in [6.07, 6.45) is 4.64. The van der Waals surface area contributed by atoms with E-state index in [-0.39, 0.29) is 11.3 Å². The van der Waals surface area contributed by atoms with Crippen LogP contribution in [0.5, 0.6) is 0 Å². The molecule has 0 aliphatic carbocycles. The van der Waals surface area contributed by atoms with Gasteiger partial charge in [0.05, 0.1) is 0 Å². The molecule has 2 heteroatoms. The Balaban J connectivity index is 2.32. The summed E-state index contributed by atoms with van der Waals surface area (Å²) in [5.74, 6) is 0.214. The summed E-state index contributed by atoms with van der Waals surface area (Å²) in [6, 6.07) is 10.7. The van der Waals surface area contributed by atoms with Crippen molar-refractivity contribution in [3.8, 4) is 0 Å². The van der Waals surface area contributed by atoms with Crippen molar-refractivity contribution in [1.82, 2.24) is 4.90 Å². The highest BCUT2D eigenvalue weighted by Gasteiger charge is 2.34. The number of carbonyl (C=O) groups is 1. The van der Waals surface area contributed by atoms with Gasteiger partial charge < -0.3 is 4.90 Å². The highest BCUT2D eigenvalue weighted by Crippen LogP contribution is 2.36. The van der Waals surface area contributed by atoms with Crippen LogP contribution in [0.1, 0.15) is 45.1 Å². The molecule has 0 aromatic heterocycles. The van der Waals surface area contributed by atoms with Crippen LogP contribution in [0.15, 0.2) is 30.3 Å². The average Bonchev–Trinajstić information content (AvgIpc) is 2.63. The first kappa shape index (κ1) is 13.1. The van der Waals surface area contributed by atoms with Crippen LogP contribution in [0.4, 0.5) is 0 Å². The van der Waals surface area contributed by atoms with Crippen LogP contribution in [0, 0.1) is 0 Å². The number of hydrogen-bond donors (Lipinski definition) is 0. The van der Waals surface area contributed by atoms with Gasteiger partial charge in [0.15, 0.2) is 0 Å². The van der Waals surface area contributed by atoms with E-state index in [4.69, 9.17) is 0 Å². The molecule has 1 heterocycles. The van der Waals surface area contributed by atoms with Gasteiger partial charge in [0, 0.05) is 25.4 Å². The Labute approximate surface area is 110 Å². The van der Waals surface area contributed by atoms with Gasteiger partial charge in [-0.05, 0) is 24.8 Å². The fourth-order valence-electron chi connectivity index (χ4n) is 3.08. The van der Waals surface area contributed by atoms with Gasteiger partial charge in [0.2, 0.25) is 5.91 Å². The summed E-state index contributed by atoms with van der Waals surface area (Å²) in [6.45, 7) is 5.74. The third-order valence-corrected chi connectivity index (χ3v) is 4.34. The minimum Gasteiger partial charge on any atom is -0.342 e. The number of rotatable bonds is 2. The standard InChI is InChI=1S/C16H23NO/c1-3-16(15-9-5-4-6-10-15)11-7-8-12-17(13-16)14(2)18/h4-6,9-10H,3,7-8,11-13H2,1-2H3. The fraction of sp³-hybridized carbons (Fsp3) is 0.562. The number of amides is 1. The number of carbonyl (C=O) groups excluding carboxylic acids is 1. The molecule has 0 N–H and O–H groups in total. The largest absolute Gasteiger partial charge is 0.342 e. The van der Waals surface area contributed by atoms with Crippen molar-refractivity contribution >= 4 is 5.91 Å². The summed E-state index contributed by atoms with van der Waals surface area (Å²) in [4.78, 5) is 13.7. The van der Waals surface area contributed by atoms with Crippen LogP contribution in [0.2, 0.25) is 0 Å². The van der Waals surface area contributed by atoms with E-state index in [0.717, 1.165) is 25.9 Å². The Morgan fingerprint density at radius 1 is 1.28 bits per heavy atom. The first-order chi connectivity index (χ1) is 8.68. The quantitative estimate of drug-likeness (QED) is 0.782. The van der Waals surface area contributed by atoms with Gasteiger partial charge in [-0.2, -0.15) is 0 Å². The number of nitrogens with zero attached hydrogens (tertiary/aromatic N) is 1. The molecule has 1 unspecified atom stereocenters. The highest BCUT2D eigenvalue weighted by molar-refractivity contribution is 5.73. The maximum atomic E-state index is 11.7. The second kappa shape index (κ2) is 5.55. The van der Waals surface area contributed by atoms with E-state index in [1.54, 1.807) is 6.92 Å². The zero-order valence-electron chi connectivity index (χ0n) is 11.5. The Bertz CT molecular complexity index is 401. The van der Waals surface area contributed by atoms with E-state index < -0.39 is 0 Å². The van der Waals surface area contributed by atoms with Gasteiger partial charge in [0.25, 0.3) is 0 Å². The Morgan fingerprint density at radius 2 is 2.00 bits per heavy atom.